The molecule has 4 rings (SSSR count). The molecule has 4 heteroatoms. The number of halogens is 1. The van der Waals surface area contributed by atoms with Gasteiger partial charge < -0.3 is 5.32 Å². The third-order valence-electron chi connectivity index (χ3n) is 4.36. The highest BCUT2D eigenvalue weighted by atomic mass is 35.5. The van der Waals surface area contributed by atoms with Crippen LogP contribution in [0.25, 0.3) is 22.3 Å². The number of para-hydroxylation sites is 1. The highest BCUT2D eigenvalue weighted by molar-refractivity contribution is 6.30. The summed E-state index contributed by atoms with van der Waals surface area (Å²) in [4.78, 5) is 9.52. The normalized spacial score (nSPS) is 12.1. The van der Waals surface area contributed by atoms with E-state index in [1.807, 2.05) is 66.7 Å². The average molecular weight is 360 g/mol. The maximum atomic E-state index is 6.01. The second kappa shape index (κ2) is 7.14. The van der Waals surface area contributed by atoms with Crippen LogP contribution in [0, 0.1) is 0 Å². The van der Waals surface area contributed by atoms with Crippen LogP contribution >= 0.6 is 11.6 Å². The van der Waals surface area contributed by atoms with Gasteiger partial charge in [0.25, 0.3) is 0 Å². The van der Waals surface area contributed by atoms with Crippen LogP contribution < -0.4 is 5.32 Å². The summed E-state index contributed by atoms with van der Waals surface area (Å²) in [6.45, 7) is 2.13. The minimum absolute atomic E-state index is 0.132. The molecular formula is C22H18ClN3. The molecule has 0 bridgehead atoms. The van der Waals surface area contributed by atoms with E-state index in [4.69, 9.17) is 21.6 Å². The Bertz CT molecular complexity index is 1030. The predicted molar refractivity (Wildman–Crippen MR) is 108 cm³/mol. The van der Waals surface area contributed by atoms with Crippen LogP contribution in [0.15, 0.2) is 78.9 Å². The second-order valence-electron chi connectivity index (χ2n) is 6.20. The molecule has 0 radical (unpaired) electrons. The Hall–Kier alpha value is -2.91. The standard InChI is InChI=1S/C22H18ClN3/c1-15(16-7-3-2-4-8-16)24-22-19-9-5-6-10-20(19)25-21(26-22)17-11-13-18(23)14-12-17/h2-15H,1H3,(H,24,25,26). The molecule has 3 aromatic carbocycles. The van der Waals surface area contributed by atoms with Crippen LogP contribution in [-0.4, -0.2) is 9.97 Å². The fraction of sp³-hybridized carbons (Fsp3) is 0.0909. The number of anilines is 1. The Morgan fingerprint density at radius 1 is 0.808 bits per heavy atom. The van der Waals surface area contributed by atoms with Crippen molar-refractivity contribution in [3.8, 4) is 11.4 Å². The number of benzene rings is 3. The van der Waals surface area contributed by atoms with Gasteiger partial charge in [-0.15, -0.1) is 0 Å². The number of aromatic nitrogens is 2. The van der Waals surface area contributed by atoms with Crippen LogP contribution in [0.2, 0.25) is 5.02 Å². The molecule has 1 aromatic heterocycles. The first-order valence-electron chi connectivity index (χ1n) is 8.55. The summed E-state index contributed by atoms with van der Waals surface area (Å²) >= 11 is 6.01. The van der Waals surface area contributed by atoms with Gasteiger partial charge in [0.2, 0.25) is 0 Å². The van der Waals surface area contributed by atoms with Crippen molar-refractivity contribution in [1.82, 2.24) is 9.97 Å². The molecule has 0 fully saturated rings. The average Bonchev–Trinajstić information content (AvgIpc) is 2.69. The van der Waals surface area contributed by atoms with Crippen LogP contribution in [0.4, 0.5) is 5.82 Å². The molecule has 1 unspecified atom stereocenters. The van der Waals surface area contributed by atoms with Crippen LogP contribution in [0.3, 0.4) is 0 Å². The molecule has 0 spiro atoms. The lowest BCUT2D eigenvalue weighted by molar-refractivity contribution is 0.876. The second-order valence-corrected chi connectivity index (χ2v) is 6.63. The number of hydrogen-bond donors (Lipinski definition) is 1. The minimum Gasteiger partial charge on any atom is -0.363 e. The predicted octanol–water partition coefficient (Wildman–Crippen LogP) is 6.12. The zero-order chi connectivity index (χ0) is 17.9. The van der Waals surface area contributed by atoms with E-state index in [0.717, 1.165) is 22.3 Å². The quantitative estimate of drug-likeness (QED) is 0.476. The van der Waals surface area contributed by atoms with Gasteiger partial charge in [-0.3, -0.25) is 0 Å². The molecular weight excluding hydrogens is 342 g/mol. The number of hydrogen-bond acceptors (Lipinski definition) is 3. The molecule has 3 nitrogen and oxygen atoms in total. The van der Waals surface area contributed by atoms with E-state index in [1.54, 1.807) is 0 Å². The smallest absolute Gasteiger partial charge is 0.162 e. The van der Waals surface area contributed by atoms with E-state index in [9.17, 15) is 0 Å². The molecule has 128 valence electrons. The number of rotatable bonds is 4. The van der Waals surface area contributed by atoms with Crippen molar-refractivity contribution < 1.29 is 0 Å². The van der Waals surface area contributed by atoms with Gasteiger partial charge in [0, 0.05) is 22.0 Å². The van der Waals surface area contributed by atoms with Gasteiger partial charge in [-0.25, -0.2) is 9.97 Å². The molecule has 26 heavy (non-hydrogen) atoms. The summed E-state index contributed by atoms with van der Waals surface area (Å²) in [6, 6.07) is 26.1. The van der Waals surface area contributed by atoms with Gasteiger partial charge in [0.05, 0.1) is 5.52 Å². The third-order valence-corrected chi connectivity index (χ3v) is 4.61. The number of nitrogens with one attached hydrogen (secondary N) is 1. The Labute approximate surface area is 157 Å². The summed E-state index contributed by atoms with van der Waals surface area (Å²) in [5.74, 6) is 1.51. The summed E-state index contributed by atoms with van der Waals surface area (Å²) in [6.07, 6.45) is 0. The minimum atomic E-state index is 0.132. The van der Waals surface area contributed by atoms with Gasteiger partial charge in [0.15, 0.2) is 5.82 Å². The highest BCUT2D eigenvalue weighted by Gasteiger charge is 2.12. The van der Waals surface area contributed by atoms with Crippen LogP contribution in [-0.2, 0) is 0 Å². The van der Waals surface area contributed by atoms with Crippen molar-refractivity contribution in [2.24, 2.45) is 0 Å². The van der Waals surface area contributed by atoms with Crippen molar-refractivity contribution in [3.63, 3.8) is 0 Å². The Morgan fingerprint density at radius 3 is 2.27 bits per heavy atom. The van der Waals surface area contributed by atoms with Gasteiger partial charge in [-0.1, -0.05) is 54.1 Å². The topological polar surface area (TPSA) is 37.8 Å². The SMILES string of the molecule is CC(Nc1nc(-c2ccc(Cl)cc2)nc2ccccc12)c1ccccc1. The van der Waals surface area contributed by atoms with Crippen molar-refractivity contribution in [2.45, 2.75) is 13.0 Å². The van der Waals surface area contributed by atoms with E-state index in [1.165, 1.54) is 5.56 Å². The first kappa shape index (κ1) is 16.6. The van der Waals surface area contributed by atoms with Crippen molar-refractivity contribution >= 4 is 28.3 Å². The Morgan fingerprint density at radius 2 is 1.50 bits per heavy atom. The first-order chi connectivity index (χ1) is 12.7. The fourth-order valence-electron chi connectivity index (χ4n) is 2.94. The lowest BCUT2D eigenvalue weighted by Crippen LogP contribution is -2.09. The van der Waals surface area contributed by atoms with E-state index in [-0.39, 0.29) is 6.04 Å². The van der Waals surface area contributed by atoms with E-state index in [0.29, 0.717) is 10.8 Å². The van der Waals surface area contributed by atoms with Gasteiger partial charge in [0.1, 0.15) is 5.82 Å². The van der Waals surface area contributed by atoms with Crippen LogP contribution in [0.1, 0.15) is 18.5 Å². The maximum Gasteiger partial charge on any atom is 0.162 e. The zero-order valence-corrected chi connectivity index (χ0v) is 15.1. The van der Waals surface area contributed by atoms with E-state index < -0.39 is 0 Å². The summed E-state index contributed by atoms with van der Waals surface area (Å²) < 4.78 is 0. The monoisotopic (exact) mass is 359 g/mol. The van der Waals surface area contributed by atoms with Crippen molar-refractivity contribution in [2.75, 3.05) is 5.32 Å². The summed E-state index contributed by atoms with van der Waals surface area (Å²) in [5.41, 5.74) is 3.06. The van der Waals surface area contributed by atoms with Gasteiger partial charge in [-0.2, -0.15) is 0 Å². The van der Waals surface area contributed by atoms with Gasteiger partial charge >= 0.3 is 0 Å². The molecule has 1 N–H and O–H groups in total. The zero-order valence-electron chi connectivity index (χ0n) is 14.4. The Balaban J connectivity index is 1.78. The summed E-state index contributed by atoms with van der Waals surface area (Å²) in [7, 11) is 0. The molecule has 0 aliphatic rings. The molecule has 1 heterocycles. The van der Waals surface area contributed by atoms with Gasteiger partial charge in [-0.05, 0) is 48.9 Å². The molecule has 0 amide bonds. The molecule has 0 saturated heterocycles. The van der Waals surface area contributed by atoms with Crippen molar-refractivity contribution in [3.05, 3.63) is 89.4 Å². The maximum absolute atomic E-state index is 6.01. The van der Waals surface area contributed by atoms with E-state index in [2.05, 4.69) is 24.4 Å². The molecule has 1 atom stereocenters. The molecule has 4 aromatic rings. The fourth-order valence-corrected chi connectivity index (χ4v) is 3.07. The van der Waals surface area contributed by atoms with Crippen molar-refractivity contribution in [1.29, 1.82) is 0 Å². The Kier molecular flexibility index (Phi) is 4.55. The largest absolute Gasteiger partial charge is 0.363 e. The van der Waals surface area contributed by atoms with Crippen LogP contribution in [0.5, 0.6) is 0 Å². The first-order valence-corrected chi connectivity index (χ1v) is 8.93. The molecule has 0 saturated carbocycles. The van der Waals surface area contributed by atoms with E-state index >= 15 is 0 Å². The molecule has 0 aliphatic carbocycles. The molecule has 0 aliphatic heterocycles. The lowest BCUT2D eigenvalue weighted by atomic mass is 10.1. The third kappa shape index (κ3) is 3.39. The highest BCUT2D eigenvalue weighted by Crippen LogP contribution is 2.28. The lowest BCUT2D eigenvalue weighted by Gasteiger charge is -2.17. The number of nitrogens with zero attached hydrogens (tertiary/aromatic N) is 2. The number of fused-ring (bicyclic) bond motifs is 1. The summed E-state index contributed by atoms with van der Waals surface area (Å²) in [5, 5.41) is 5.25.